The van der Waals surface area contributed by atoms with Crippen molar-refractivity contribution in [3.63, 3.8) is 0 Å². The van der Waals surface area contributed by atoms with Crippen LogP contribution in [-0.2, 0) is 14.3 Å². The van der Waals surface area contributed by atoms with Crippen LogP contribution in [-0.4, -0.2) is 25.1 Å². The Hall–Kier alpha value is -2.79. The van der Waals surface area contributed by atoms with Gasteiger partial charge in [-0.3, -0.25) is 4.79 Å². The molecule has 0 spiro atoms. The van der Waals surface area contributed by atoms with Crippen molar-refractivity contribution in [1.82, 2.24) is 0 Å². The molecule has 1 aliphatic rings. The molecule has 1 aliphatic heterocycles. The first-order valence-corrected chi connectivity index (χ1v) is 8.07. The summed E-state index contributed by atoms with van der Waals surface area (Å²) in [5, 5.41) is 3.23. The lowest BCUT2D eigenvalue weighted by Crippen LogP contribution is -2.24. The minimum atomic E-state index is -0.576. The topological polar surface area (TPSA) is 64.6 Å². The molecule has 0 atom stereocenters. The zero-order chi connectivity index (χ0) is 17.8. The van der Waals surface area contributed by atoms with Crippen molar-refractivity contribution in [3.8, 4) is 5.75 Å². The molecule has 0 fully saturated rings. The maximum absolute atomic E-state index is 12.1. The summed E-state index contributed by atoms with van der Waals surface area (Å²) >= 11 is 6.01. The third kappa shape index (κ3) is 4.00. The van der Waals surface area contributed by atoms with Crippen LogP contribution in [0.1, 0.15) is 11.1 Å². The first-order valence-electron chi connectivity index (χ1n) is 7.69. The van der Waals surface area contributed by atoms with E-state index in [4.69, 9.17) is 21.1 Å². The van der Waals surface area contributed by atoms with Gasteiger partial charge >= 0.3 is 5.97 Å². The summed E-state index contributed by atoms with van der Waals surface area (Å²) in [5.74, 6) is -0.294. The fraction of sp³-hybridized carbons (Fsp3) is 0.158. The van der Waals surface area contributed by atoms with Crippen molar-refractivity contribution in [2.45, 2.75) is 6.92 Å². The minimum Gasteiger partial charge on any atom is -0.488 e. The number of halogens is 1. The minimum absolute atomic E-state index is 0.116. The molecule has 6 heteroatoms. The maximum atomic E-state index is 12.1. The van der Waals surface area contributed by atoms with E-state index in [-0.39, 0.29) is 13.2 Å². The number of nitrogens with one attached hydrogen (secondary N) is 1. The summed E-state index contributed by atoms with van der Waals surface area (Å²) in [7, 11) is 0. The highest BCUT2D eigenvalue weighted by molar-refractivity contribution is 6.31. The van der Waals surface area contributed by atoms with Gasteiger partial charge in [-0.1, -0.05) is 35.9 Å². The molecule has 1 amide bonds. The van der Waals surface area contributed by atoms with Crippen molar-refractivity contribution in [3.05, 3.63) is 64.2 Å². The van der Waals surface area contributed by atoms with Crippen molar-refractivity contribution in [2.24, 2.45) is 0 Å². The number of para-hydroxylation sites is 1. The van der Waals surface area contributed by atoms with Crippen LogP contribution in [0.2, 0.25) is 5.02 Å². The highest BCUT2D eigenvalue weighted by Crippen LogP contribution is 2.26. The molecule has 128 valence electrons. The molecule has 1 heterocycles. The lowest BCUT2D eigenvalue weighted by Gasteiger charge is -2.17. The van der Waals surface area contributed by atoms with Gasteiger partial charge in [0.25, 0.3) is 5.91 Å². The van der Waals surface area contributed by atoms with Gasteiger partial charge in [0, 0.05) is 16.3 Å². The van der Waals surface area contributed by atoms with Gasteiger partial charge in [-0.2, -0.15) is 0 Å². The lowest BCUT2D eigenvalue weighted by molar-refractivity contribution is -0.143. The number of fused-ring (bicyclic) bond motifs is 1. The number of carbonyl (C=O) groups excluding carboxylic acids is 2. The fourth-order valence-electron chi connectivity index (χ4n) is 2.39. The molecular formula is C19H16ClNO4. The summed E-state index contributed by atoms with van der Waals surface area (Å²) in [6.45, 7) is 1.53. The number of ether oxygens (including phenoxy) is 2. The van der Waals surface area contributed by atoms with E-state index in [1.807, 2.05) is 24.3 Å². The lowest BCUT2D eigenvalue weighted by atomic mass is 10.1. The standard InChI is InChI=1S/C19H16ClNO4/c1-12-15(20)6-4-7-16(12)21-18(22)11-25-19(23)14-9-13-5-2-3-8-17(13)24-10-14/h2-9H,10-11H2,1H3,(H,21,22). The molecule has 3 rings (SSSR count). The molecule has 2 aromatic rings. The van der Waals surface area contributed by atoms with Crippen LogP contribution in [0, 0.1) is 6.92 Å². The zero-order valence-corrected chi connectivity index (χ0v) is 14.3. The van der Waals surface area contributed by atoms with Crippen molar-refractivity contribution >= 4 is 35.2 Å². The Morgan fingerprint density at radius 1 is 1.20 bits per heavy atom. The molecule has 0 bridgehead atoms. The average Bonchev–Trinajstić information content (AvgIpc) is 2.63. The molecule has 0 radical (unpaired) electrons. The number of esters is 1. The second kappa shape index (κ2) is 7.40. The number of rotatable bonds is 4. The van der Waals surface area contributed by atoms with Gasteiger partial charge in [0.1, 0.15) is 12.4 Å². The first-order chi connectivity index (χ1) is 12.0. The second-order valence-electron chi connectivity index (χ2n) is 5.53. The number of hydrogen-bond donors (Lipinski definition) is 1. The number of amides is 1. The molecule has 0 unspecified atom stereocenters. The molecule has 25 heavy (non-hydrogen) atoms. The largest absolute Gasteiger partial charge is 0.488 e. The number of benzene rings is 2. The van der Waals surface area contributed by atoms with E-state index in [9.17, 15) is 9.59 Å². The first kappa shape index (κ1) is 17.0. The Bertz CT molecular complexity index is 860. The van der Waals surface area contributed by atoms with E-state index in [0.717, 1.165) is 11.1 Å². The molecule has 0 saturated heterocycles. The maximum Gasteiger partial charge on any atom is 0.338 e. The molecule has 0 aromatic heterocycles. The van der Waals surface area contributed by atoms with E-state index in [0.29, 0.717) is 22.0 Å². The molecular weight excluding hydrogens is 342 g/mol. The van der Waals surface area contributed by atoms with Crippen LogP contribution in [0.3, 0.4) is 0 Å². The number of hydrogen-bond acceptors (Lipinski definition) is 4. The third-order valence-electron chi connectivity index (χ3n) is 3.77. The van der Waals surface area contributed by atoms with Gasteiger partial charge in [-0.15, -0.1) is 0 Å². The van der Waals surface area contributed by atoms with Gasteiger partial charge < -0.3 is 14.8 Å². The van der Waals surface area contributed by atoms with E-state index < -0.39 is 11.9 Å². The Morgan fingerprint density at radius 3 is 2.84 bits per heavy atom. The van der Waals surface area contributed by atoms with Gasteiger partial charge in [0.2, 0.25) is 0 Å². The molecule has 0 saturated carbocycles. The van der Waals surface area contributed by atoms with E-state index in [1.165, 1.54) is 0 Å². The van der Waals surface area contributed by atoms with E-state index in [2.05, 4.69) is 5.32 Å². The SMILES string of the molecule is Cc1c(Cl)cccc1NC(=O)COC(=O)C1=Cc2ccccc2OC1. The highest BCUT2D eigenvalue weighted by atomic mass is 35.5. The summed E-state index contributed by atoms with van der Waals surface area (Å²) in [6, 6.07) is 12.6. The van der Waals surface area contributed by atoms with Gasteiger partial charge in [0.05, 0.1) is 5.57 Å². The number of anilines is 1. The summed E-state index contributed by atoms with van der Waals surface area (Å²) in [4.78, 5) is 24.1. The van der Waals surface area contributed by atoms with Gasteiger partial charge in [-0.05, 0) is 36.8 Å². The predicted molar refractivity (Wildman–Crippen MR) is 95.7 cm³/mol. The average molecular weight is 358 g/mol. The Labute approximate surface area is 150 Å². The van der Waals surface area contributed by atoms with Crippen LogP contribution >= 0.6 is 11.6 Å². The summed E-state index contributed by atoms with van der Waals surface area (Å²) in [5.41, 5.74) is 2.51. The van der Waals surface area contributed by atoms with Crippen molar-refractivity contribution in [1.29, 1.82) is 0 Å². The van der Waals surface area contributed by atoms with E-state index in [1.54, 1.807) is 31.2 Å². The van der Waals surface area contributed by atoms with E-state index >= 15 is 0 Å². The monoisotopic (exact) mass is 357 g/mol. The van der Waals surface area contributed by atoms with Crippen LogP contribution in [0.5, 0.6) is 5.75 Å². The third-order valence-corrected chi connectivity index (χ3v) is 4.18. The molecule has 1 N–H and O–H groups in total. The fourth-order valence-corrected chi connectivity index (χ4v) is 2.56. The molecule has 5 nitrogen and oxygen atoms in total. The van der Waals surface area contributed by atoms with Crippen LogP contribution < -0.4 is 10.1 Å². The Morgan fingerprint density at radius 2 is 2.00 bits per heavy atom. The Kier molecular flexibility index (Phi) is 5.05. The number of carbonyl (C=O) groups is 2. The normalized spacial score (nSPS) is 12.5. The van der Waals surface area contributed by atoms with Gasteiger partial charge in [-0.25, -0.2) is 4.79 Å². The van der Waals surface area contributed by atoms with Crippen molar-refractivity contribution in [2.75, 3.05) is 18.5 Å². The van der Waals surface area contributed by atoms with Crippen LogP contribution in [0.25, 0.3) is 6.08 Å². The van der Waals surface area contributed by atoms with Gasteiger partial charge in [0.15, 0.2) is 6.61 Å². The highest BCUT2D eigenvalue weighted by Gasteiger charge is 2.19. The summed E-state index contributed by atoms with van der Waals surface area (Å²) < 4.78 is 10.6. The predicted octanol–water partition coefficient (Wildman–Crippen LogP) is 3.61. The zero-order valence-electron chi connectivity index (χ0n) is 13.5. The quantitative estimate of drug-likeness (QED) is 0.849. The molecule has 2 aromatic carbocycles. The second-order valence-corrected chi connectivity index (χ2v) is 5.94. The summed E-state index contributed by atoms with van der Waals surface area (Å²) in [6.07, 6.45) is 1.71. The van der Waals surface area contributed by atoms with Crippen LogP contribution in [0.4, 0.5) is 5.69 Å². The Balaban J connectivity index is 1.58. The van der Waals surface area contributed by atoms with Crippen molar-refractivity contribution < 1.29 is 19.1 Å². The molecule has 0 aliphatic carbocycles. The smallest absolute Gasteiger partial charge is 0.338 e. The van der Waals surface area contributed by atoms with Crippen LogP contribution in [0.15, 0.2) is 48.0 Å².